The van der Waals surface area contributed by atoms with E-state index in [1.165, 1.54) is 33.2 Å². The number of hydrogen-bond donors (Lipinski definition) is 0. The normalized spacial score (nSPS) is 12.1. The maximum Gasteiger partial charge on any atom is 0.305 e. The number of benzene rings is 3. The molecule has 1 atom stereocenters. The van der Waals surface area contributed by atoms with Gasteiger partial charge in [0.2, 0.25) is 0 Å². The minimum absolute atomic E-state index is 0.0645. The van der Waals surface area contributed by atoms with Crippen molar-refractivity contribution in [3.8, 4) is 11.1 Å². The van der Waals surface area contributed by atoms with Crippen LogP contribution in [0.4, 0.5) is 0 Å². The standard InChI is InChI=1S/C34H39NO3/c1-5-38-34(37)8-6-7-33(36)28-16-14-27(15-17-28)31(19-9-24(2)3)35-22-21-30-23-29(18-20-32(30)35)26-12-10-25(4)11-13-26/h10-18,20-24,31H,5-9,19H2,1-4H3. The van der Waals surface area contributed by atoms with Crippen molar-refractivity contribution >= 4 is 22.7 Å². The van der Waals surface area contributed by atoms with Gasteiger partial charge in [0.15, 0.2) is 5.78 Å². The highest BCUT2D eigenvalue weighted by Crippen LogP contribution is 2.32. The molecule has 0 fully saturated rings. The number of aryl methyl sites for hydroxylation is 1. The maximum absolute atomic E-state index is 12.7. The van der Waals surface area contributed by atoms with Gasteiger partial charge in [0.05, 0.1) is 12.6 Å². The lowest BCUT2D eigenvalue weighted by Crippen LogP contribution is -2.11. The van der Waals surface area contributed by atoms with E-state index >= 15 is 0 Å². The first kappa shape index (κ1) is 27.4. The molecule has 1 heterocycles. The Bertz CT molecular complexity index is 1360. The van der Waals surface area contributed by atoms with Crippen molar-refractivity contribution in [2.75, 3.05) is 6.61 Å². The number of carbonyl (C=O) groups excluding carboxylic acids is 2. The minimum atomic E-state index is -0.242. The number of rotatable bonds is 12. The van der Waals surface area contributed by atoms with Crippen LogP contribution in [0.25, 0.3) is 22.0 Å². The van der Waals surface area contributed by atoms with Crippen molar-refractivity contribution in [3.63, 3.8) is 0 Å². The summed E-state index contributed by atoms with van der Waals surface area (Å²) in [4.78, 5) is 24.3. The Morgan fingerprint density at radius 2 is 1.55 bits per heavy atom. The summed E-state index contributed by atoms with van der Waals surface area (Å²) in [6.07, 6.45) is 5.47. The van der Waals surface area contributed by atoms with Crippen molar-refractivity contribution in [2.45, 2.75) is 65.8 Å². The number of ether oxygens (including phenoxy) is 1. The summed E-state index contributed by atoms with van der Waals surface area (Å²) in [7, 11) is 0. The third kappa shape index (κ3) is 6.80. The van der Waals surface area contributed by atoms with E-state index in [0.717, 1.165) is 12.8 Å². The van der Waals surface area contributed by atoms with Gasteiger partial charge in [0, 0.05) is 35.5 Å². The van der Waals surface area contributed by atoms with Gasteiger partial charge in [0.25, 0.3) is 0 Å². The largest absolute Gasteiger partial charge is 0.466 e. The molecule has 0 aliphatic carbocycles. The lowest BCUT2D eigenvalue weighted by Gasteiger charge is -2.22. The molecule has 4 heteroatoms. The Balaban J connectivity index is 1.55. The predicted octanol–water partition coefficient (Wildman–Crippen LogP) is 8.56. The molecule has 4 nitrogen and oxygen atoms in total. The molecule has 0 saturated heterocycles. The van der Waals surface area contributed by atoms with E-state index in [-0.39, 0.29) is 24.2 Å². The zero-order chi connectivity index (χ0) is 27.1. The van der Waals surface area contributed by atoms with E-state index < -0.39 is 0 Å². The first-order valence-corrected chi connectivity index (χ1v) is 13.8. The zero-order valence-corrected chi connectivity index (χ0v) is 23.1. The summed E-state index contributed by atoms with van der Waals surface area (Å²) < 4.78 is 7.34. The molecule has 4 aromatic rings. The van der Waals surface area contributed by atoms with Crippen LogP contribution in [-0.4, -0.2) is 22.9 Å². The van der Waals surface area contributed by atoms with Crippen LogP contribution in [0.5, 0.6) is 0 Å². The molecule has 38 heavy (non-hydrogen) atoms. The second-order valence-corrected chi connectivity index (χ2v) is 10.6. The van der Waals surface area contributed by atoms with Crippen LogP contribution >= 0.6 is 0 Å². The maximum atomic E-state index is 12.7. The third-order valence-corrected chi connectivity index (χ3v) is 7.17. The summed E-state index contributed by atoms with van der Waals surface area (Å²) in [5.74, 6) is 0.427. The van der Waals surface area contributed by atoms with Crippen LogP contribution in [0.1, 0.15) is 80.4 Å². The Kier molecular flexibility index (Phi) is 9.17. The van der Waals surface area contributed by atoms with Gasteiger partial charge in [0.1, 0.15) is 0 Å². The number of ketones is 1. The van der Waals surface area contributed by atoms with Crippen LogP contribution < -0.4 is 0 Å². The lowest BCUT2D eigenvalue weighted by atomic mass is 9.95. The van der Waals surface area contributed by atoms with E-state index in [0.29, 0.717) is 30.9 Å². The molecule has 1 unspecified atom stereocenters. The molecule has 0 aliphatic rings. The molecular weight excluding hydrogens is 470 g/mol. The number of carbonyl (C=O) groups is 2. The van der Waals surface area contributed by atoms with Crippen molar-refractivity contribution in [2.24, 2.45) is 5.92 Å². The highest BCUT2D eigenvalue weighted by molar-refractivity contribution is 5.96. The molecule has 0 bridgehead atoms. The average Bonchev–Trinajstić information content (AvgIpc) is 3.32. The third-order valence-electron chi connectivity index (χ3n) is 7.17. The summed E-state index contributed by atoms with van der Waals surface area (Å²) in [6, 6.07) is 25.8. The van der Waals surface area contributed by atoms with Crippen molar-refractivity contribution in [1.29, 1.82) is 0 Å². The van der Waals surface area contributed by atoms with Gasteiger partial charge >= 0.3 is 5.97 Å². The monoisotopic (exact) mass is 509 g/mol. The number of aromatic nitrogens is 1. The molecule has 198 valence electrons. The molecule has 4 rings (SSSR count). The quantitative estimate of drug-likeness (QED) is 0.142. The Morgan fingerprint density at radius 1 is 0.842 bits per heavy atom. The predicted molar refractivity (Wildman–Crippen MR) is 156 cm³/mol. The molecule has 0 aliphatic heterocycles. The summed E-state index contributed by atoms with van der Waals surface area (Å²) >= 11 is 0. The van der Waals surface area contributed by atoms with Crippen molar-refractivity contribution in [1.82, 2.24) is 4.57 Å². The Labute approximate surface area is 226 Å². The minimum Gasteiger partial charge on any atom is -0.466 e. The molecule has 0 radical (unpaired) electrons. The number of fused-ring (bicyclic) bond motifs is 1. The number of nitrogens with zero attached hydrogens (tertiary/aromatic N) is 1. The van der Waals surface area contributed by atoms with E-state index in [2.05, 4.69) is 92.2 Å². The summed E-state index contributed by atoms with van der Waals surface area (Å²) in [6.45, 7) is 8.79. The highest BCUT2D eigenvalue weighted by Gasteiger charge is 2.18. The van der Waals surface area contributed by atoms with E-state index in [1.807, 2.05) is 12.1 Å². The van der Waals surface area contributed by atoms with Gasteiger partial charge in [-0.3, -0.25) is 9.59 Å². The van der Waals surface area contributed by atoms with Crippen LogP contribution in [-0.2, 0) is 9.53 Å². The van der Waals surface area contributed by atoms with Crippen LogP contribution in [0, 0.1) is 12.8 Å². The van der Waals surface area contributed by atoms with Crippen LogP contribution in [0.3, 0.4) is 0 Å². The fourth-order valence-corrected chi connectivity index (χ4v) is 4.98. The van der Waals surface area contributed by atoms with Crippen molar-refractivity contribution < 1.29 is 14.3 Å². The second-order valence-electron chi connectivity index (χ2n) is 10.6. The fourth-order valence-electron chi connectivity index (χ4n) is 4.98. The molecule has 3 aromatic carbocycles. The summed E-state index contributed by atoms with van der Waals surface area (Å²) in [5, 5.41) is 1.23. The lowest BCUT2D eigenvalue weighted by molar-refractivity contribution is -0.143. The topological polar surface area (TPSA) is 48.3 Å². The molecule has 0 N–H and O–H groups in total. The Morgan fingerprint density at radius 3 is 2.24 bits per heavy atom. The molecule has 0 spiro atoms. The molecular formula is C34H39NO3. The summed E-state index contributed by atoms with van der Waals surface area (Å²) in [5.41, 5.74) is 6.82. The highest BCUT2D eigenvalue weighted by atomic mass is 16.5. The van der Waals surface area contributed by atoms with Gasteiger partial charge in [-0.2, -0.15) is 0 Å². The average molecular weight is 510 g/mol. The second kappa shape index (κ2) is 12.7. The number of esters is 1. The van der Waals surface area contributed by atoms with Crippen molar-refractivity contribution in [3.05, 3.63) is 95.7 Å². The van der Waals surface area contributed by atoms with Crippen LogP contribution in [0.2, 0.25) is 0 Å². The van der Waals surface area contributed by atoms with Gasteiger partial charge < -0.3 is 9.30 Å². The van der Waals surface area contributed by atoms with E-state index in [9.17, 15) is 9.59 Å². The smallest absolute Gasteiger partial charge is 0.305 e. The molecule has 1 aromatic heterocycles. The van der Waals surface area contributed by atoms with Gasteiger partial charge in [-0.05, 0) is 73.9 Å². The zero-order valence-electron chi connectivity index (χ0n) is 23.1. The Hall–Kier alpha value is -3.66. The first-order chi connectivity index (χ1) is 18.4. The number of hydrogen-bond acceptors (Lipinski definition) is 3. The SMILES string of the molecule is CCOC(=O)CCCC(=O)c1ccc(C(CCC(C)C)n2ccc3cc(-c4ccc(C)cc4)ccc32)cc1. The van der Waals surface area contributed by atoms with Crippen LogP contribution in [0.15, 0.2) is 79.0 Å². The fraction of sp³-hybridized carbons (Fsp3) is 0.353. The number of Topliss-reactive ketones (excluding diaryl/α,β-unsaturated/α-hetero) is 1. The van der Waals surface area contributed by atoms with E-state index in [1.54, 1.807) is 6.92 Å². The molecule has 0 amide bonds. The van der Waals surface area contributed by atoms with Gasteiger partial charge in [-0.25, -0.2) is 0 Å². The first-order valence-electron chi connectivity index (χ1n) is 13.8. The van der Waals surface area contributed by atoms with E-state index in [4.69, 9.17) is 4.74 Å². The van der Waals surface area contributed by atoms with Gasteiger partial charge in [-0.1, -0.05) is 74.0 Å². The van der Waals surface area contributed by atoms with Gasteiger partial charge in [-0.15, -0.1) is 0 Å². The molecule has 0 saturated carbocycles.